The Kier molecular flexibility index (Phi) is 5.34. The fraction of sp³-hybridized carbons (Fsp3) is 0.300. The second kappa shape index (κ2) is 6.36. The first-order chi connectivity index (χ1) is 8.74. The second-order valence-corrected chi connectivity index (χ2v) is 5.16. The summed E-state index contributed by atoms with van der Waals surface area (Å²) in [6.07, 6.45) is 0. The molecule has 106 valence electrons. The van der Waals surface area contributed by atoms with Crippen LogP contribution < -0.4 is 5.06 Å². The summed E-state index contributed by atoms with van der Waals surface area (Å²) in [4.78, 5) is 33.7. The van der Waals surface area contributed by atoms with Crippen molar-refractivity contribution in [2.24, 2.45) is 0 Å². The van der Waals surface area contributed by atoms with E-state index in [0.717, 1.165) is 5.06 Å². The molecular weight excluding hydrogens is 297 g/mol. The molecule has 1 rings (SSSR count). The Balaban J connectivity index is 2.88. The molecule has 0 aromatic heterocycles. The van der Waals surface area contributed by atoms with Crippen LogP contribution in [-0.2, 0) is 18.7 Å². The van der Waals surface area contributed by atoms with Crippen LogP contribution in [0.25, 0.3) is 0 Å². The minimum absolute atomic E-state index is 0.488. The monoisotopic (exact) mass is 309 g/mol. The number of phosphoric acid groups is 1. The molecule has 0 aliphatic rings. The maximum Gasteiger partial charge on any atom is 0.527 e. The molecule has 1 aromatic rings. The summed E-state index contributed by atoms with van der Waals surface area (Å²) >= 11 is 5.73. The molecule has 9 heteroatoms. The molecule has 0 unspecified atom stereocenters. The lowest BCUT2D eigenvalue weighted by atomic mass is 10.2. The Bertz CT molecular complexity index is 487. The van der Waals surface area contributed by atoms with E-state index in [2.05, 4.69) is 4.52 Å². The van der Waals surface area contributed by atoms with Crippen molar-refractivity contribution in [2.45, 2.75) is 13.0 Å². The largest absolute Gasteiger partial charge is 0.527 e. The molecular formula is C10H13ClNO6P. The summed E-state index contributed by atoms with van der Waals surface area (Å²) in [7, 11) is -3.56. The van der Waals surface area contributed by atoms with Crippen LogP contribution in [0.2, 0.25) is 5.02 Å². The van der Waals surface area contributed by atoms with E-state index < -0.39 is 19.8 Å². The third-order valence-electron chi connectivity index (χ3n) is 2.18. The van der Waals surface area contributed by atoms with Gasteiger partial charge in [-0.3, -0.25) is 14.6 Å². The maximum atomic E-state index is 11.5. The molecule has 0 fully saturated rings. The van der Waals surface area contributed by atoms with Crippen LogP contribution in [0.5, 0.6) is 0 Å². The topological polar surface area (TPSA) is 96.3 Å². The summed E-state index contributed by atoms with van der Waals surface area (Å²) in [6.45, 7) is 1.39. The Morgan fingerprint density at radius 1 is 1.37 bits per heavy atom. The number of carbonyl (C=O) groups is 1. The minimum atomic E-state index is -4.88. The van der Waals surface area contributed by atoms with Crippen molar-refractivity contribution in [1.29, 1.82) is 0 Å². The highest BCUT2D eigenvalue weighted by Gasteiger charge is 2.29. The molecule has 0 aliphatic heterocycles. The zero-order valence-electron chi connectivity index (χ0n) is 10.2. The van der Waals surface area contributed by atoms with Gasteiger partial charge in [0, 0.05) is 5.02 Å². The van der Waals surface area contributed by atoms with Gasteiger partial charge in [-0.25, -0.2) is 14.4 Å². The minimum Gasteiger partial charge on any atom is -0.369 e. The number of rotatable bonds is 5. The molecule has 1 aromatic carbocycles. The van der Waals surface area contributed by atoms with Gasteiger partial charge in [0.1, 0.15) is 0 Å². The van der Waals surface area contributed by atoms with Gasteiger partial charge in [0.25, 0.3) is 0 Å². The van der Waals surface area contributed by atoms with E-state index in [0.29, 0.717) is 10.7 Å². The summed E-state index contributed by atoms with van der Waals surface area (Å²) in [5.74, 6) is -1.11. The molecule has 0 spiro atoms. The van der Waals surface area contributed by atoms with E-state index >= 15 is 0 Å². The second-order valence-electron chi connectivity index (χ2n) is 3.56. The van der Waals surface area contributed by atoms with E-state index in [1.165, 1.54) is 14.0 Å². The number of benzene rings is 1. The Hall–Kier alpha value is -1.11. The summed E-state index contributed by atoms with van der Waals surface area (Å²) in [6, 6.07) is 5.31. The van der Waals surface area contributed by atoms with E-state index in [-0.39, 0.29) is 0 Å². The molecule has 19 heavy (non-hydrogen) atoms. The fourth-order valence-electron chi connectivity index (χ4n) is 1.36. The zero-order chi connectivity index (χ0) is 14.6. The van der Waals surface area contributed by atoms with Gasteiger partial charge in [-0.1, -0.05) is 11.6 Å². The number of anilines is 1. The van der Waals surface area contributed by atoms with Crippen molar-refractivity contribution in [3.63, 3.8) is 0 Å². The van der Waals surface area contributed by atoms with Crippen molar-refractivity contribution < 1.29 is 28.5 Å². The quantitative estimate of drug-likeness (QED) is 0.631. The molecule has 0 heterocycles. The Labute approximate surface area is 114 Å². The number of hydrogen-bond acceptors (Lipinski definition) is 5. The highest BCUT2D eigenvalue weighted by atomic mass is 35.5. The van der Waals surface area contributed by atoms with Gasteiger partial charge in [-0.05, 0) is 31.2 Å². The molecule has 0 saturated heterocycles. The third kappa shape index (κ3) is 4.81. The van der Waals surface area contributed by atoms with Gasteiger partial charge >= 0.3 is 13.8 Å². The van der Waals surface area contributed by atoms with Gasteiger partial charge in [0.05, 0.1) is 12.8 Å². The van der Waals surface area contributed by atoms with E-state index in [9.17, 15) is 9.36 Å². The number of halogens is 1. The molecule has 0 radical (unpaired) electrons. The normalized spacial score (nSPS) is 12.9. The van der Waals surface area contributed by atoms with Crippen LogP contribution in [0.4, 0.5) is 5.69 Å². The van der Waals surface area contributed by atoms with Crippen molar-refractivity contribution in [3.05, 3.63) is 29.3 Å². The highest BCUT2D eigenvalue weighted by molar-refractivity contribution is 7.46. The first-order valence-corrected chi connectivity index (χ1v) is 7.03. The van der Waals surface area contributed by atoms with E-state index in [1.54, 1.807) is 24.3 Å². The van der Waals surface area contributed by atoms with Crippen LogP contribution in [0, 0.1) is 0 Å². The maximum absolute atomic E-state index is 11.5. The SMILES string of the molecule is CON(c1ccc(Cl)cc1)[C@@H](C)C(=O)OP(=O)(O)O. The number of nitrogens with zero attached hydrogens (tertiary/aromatic N) is 1. The third-order valence-corrected chi connectivity index (χ3v) is 2.85. The van der Waals surface area contributed by atoms with Crippen molar-refractivity contribution in [1.82, 2.24) is 0 Å². The Morgan fingerprint density at radius 3 is 2.32 bits per heavy atom. The van der Waals surface area contributed by atoms with Gasteiger partial charge in [0.2, 0.25) is 0 Å². The van der Waals surface area contributed by atoms with Crippen molar-refractivity contribution >= 4 is 31.1 Å². The van der Waals surface area contributed by atoms with Crippen LogP contribution in [0.3, 0.4) is 0 Å². The summed E-state index contributed by atoms with van der Waals surface area (Å²) in [5, 5.41) is 1.65. The van der Waals surface area contributed by atoms with E-state index in [4.69, 9.17) is 26.2 Å². The lowest BCUT2D eigenvalue weighted by molar-refractivity contribution is -0.138. The number of hydrogen-bond donors (Lipinski definition) is 2. The van der Waals surface area contributed by atoms with Gasteiger partial charge in [-0.15, -0.1) is 0 Å². The lowest BCUT2D eigenvalue weighted by Gasteiger charge is -2.26. The molecule has 7 nitrogen and oxygen atoms in total. The summed E-state index contributed by atoms with van der Waals surface area (Å²) < 4.78 is 14.6. The average Bonchev–Trinajstić information content (AvgIpc) is 2.30. The first kappa shape index (κ1) is 15.9. The van der Waals surface area contributed by atoms with Gasteiger partial charge < -0.3 is 4.52 Å². The number of carbonyl (C=O) groups excluding carboxylic acids is 1. The predicted octanol–water partition coefficient (Wildman–Crippen LogP) is 1.73. The number of phosphoric ester groups is 1. The average molecular weight is 310 g/mol. The fourth-order valence-corrected chi connectivity index (χ4v) is 1.88. The molecule has 1 atom stereocenters. The van der Waals surface area contributed by atoms with Crippen LogP contribution >= 0.6 is 19.4 Å². The number of hydroxylamine groups is 1. The van der Waals surface area contributed by atoms with Crippen molar-refractivity contribution in [3.8, 4) is 0 Å². The van der Waals surface area contributed by atoms with Crippen LogP contribution in [0.15, 0.2) is 24.3 Å². The molecule has 0 aliphatic carbocycles. The summed E-state index contributed by atoms with van der Waals surface area (Å²) in [5.41, 5.74) is 0.488. The lowest BCUT2D eigenvalue weighted by Crippen LogP contribution is -2.39. The van der Waals surface area contributed by atoms with Crippen molar-refractivity contribution in [2.75, 3.05) is 12.2 Å². The van der Waals surface area contributed by atoms with Gasteiger partial charge in [-0.2, -0.15) is 0 Å². The van der Waals surface area contributed by atoms with Crippen LogP contribution in [-0.4, -0.2) is 28.9 Å². The standard InChI is InChI=1S/C10H13ClNO6P/c1-7(10(13)18-19(14,15)16)12(17-2)9-5-3-8(11)4-6-9/h3-7H,1-2H3,(H2,14,15,16)/t7-/m0/s1. The molecule has 2 N–H and O–H groups in total. The first-order valence-electron chi connectivity index (χ1n) is 5.12. The molecule has 0 bridgehead atoms. The molecule has 0 amide bonds. The van der Waals surface area contributed by atoms with Crippen LogP contribution in [0.1, 0.15) is 6.92 Å². The molecule has 0 saturated carbocycles. The van der Waals surface area contributed by atoms with E-state index in [1.807, 2.05) is 0 Å². The predicted molar refractivity (Wildman–Crippen MR) is 68.5 cm³/mol. The smallest absolute Gasteiger partial charge is 0.369 e. The zero-order valence-corrected chi connectivity index (χ0v) is 11.8. The Morgan fingerprint density at radius 2 is 1.89 bits per heavy atom. The highest BCUT2D eigenvalue weighted by Crippen LogP contribution is 2.36. The van der Waals surface area contributed by atoms with Gasteiger partial charge in [0.15, 0.2) is 6.04 Å².